The Labute approximate surface area is 111 Å². The van der Waals surface area contributed by atoms with Crippen LogP contribution < -0.4 is 5.32 Å². The molecule has 0 aliphatic rings. The SMILES string of the molecule is C=C(Br)CNc1ncnc2ccc([N+](=O)[O-])cc12. The molecule has 0 saturated carbocycles. The number of aromatic nitrogens is 2. The summed E-state index contributed by atoms with van der Waals surface area (Å²) in [6.45, 7) is 4.18. The fraction of sp³-hybridized carbons (Fsp3) is 0.0909. The molecule has 1 aromatic heterocycles. The van der Waals surface area contributed by atoms with Crippen LogP contribution in [0.3, 0.4) is 0 Å². The van der Waals surface area contributed by atoms with Crippen LogP contribution in [0.2, 0.25) is 0 Å². The molecule has 1 heterocycles. The fourth-order valence-corrected chi connectivity index (χ4v) is 1.62. The zero-order valence-electron chi connectivity index (χ0n) is 9.26. The number of hydrogen-bond donors (Lipinski definition) is 1. The Bertz CT molecular complexity index is 629. The average Bonchev–Trinajstić information content (AvgIpc) is 2.35. The van der Waals surface area contributed by atoms with Gasteiger partial charge in [0.15, 0.2) is 0 Å². The van der Waals surface area contributed by atoms with Gasteiger partial charge in [0, 0.05) is 28.5 Å². The molecule has 18 heavy (non-hydrogen) atoms. The molecule has 0 atom stereocenters. The molecular formula is C11H9BrN4O2. The molecule has 0 fully saturated rings. The maximum atomic E-state index is 10.7. The molecule has 0 aliphatic heterocycles. The van der Waals surface area contributed by atoms with Crippen molar-refractivity contribution < 1.29 is 4.92 Å². The first kappa shape index (κ1) is 12.4. The second-order valence-electron chi connectivity index (χ2n) is 3.55. The third kappa shape index (κ3) is 2.62. The minimum atomic E-state index is -0.445. The lowest BCUT2D eigenvalue weighted by atomic mass is 10.2. The molecule has 1 N–H and O–H groups in total. The van der Waals surface area contributed by atoms with Crippen molar-refractivity contribution in [2.24, 2.45) is 0 Å². The van der Waals surface area contributed by atoms with Crippen LogP contribution in [-0.2, 0) is 0 Å². The molecule has 6 nitrogen and oxygen atoms in total. The molecule has 2 rings (SSSR count). The standard InChI is InChI=1S/C11H9BrN4O2/c1-7(12)5-13-11-9-4-8(16(17)18)2-3-10(9)14-6-15-11/h2-4,6H,1,5H2,(H,13,14,15). The van der Waals surface area contributed by atoms with Gasteiger partial charge in [0.2, 0.25) is 0 Å². The Morgan fingerprint density at radius 2 is 2.28 bits per heavy atom. The van der Waals surface area contributed by atoms with Gasteiger partial charge < -0.3 is 5.32 Å². The number of non-ortho nitro benzene ring substituents is 1. The summed E-state index contributed by atoms with van der Waals surface area (Å²) in [6, 6.07) is 4.47. The average molecular weight is 309 g/mol. The topological polar surface area (TPSA) is 81.0 Å². The van der Waals surface area contributed by atoms with E-state index >= 15 is 0 Å². The lowest BCUT2D eigenvalue weighted by Gasteiger charge is -2.07. The summed E-state index contributed by atoms with van der Waals surface area (Å²) in [5.41, 5.74) is 0.663. The van der Waals surface area contributed by atoms with Gasteiger partial charge in [-0.3, -0.25) is 10.1 Å². The summed E-state index contributed by atoms with van der Waals surface area (Å²) >= 11 is 3.23. The monoisotopic (exact) mass is 308 g/mol. The van der Waals surface area contributed by atoms with Crippen molar-refractivity contribution in [2.45, 2.75) is 0 Å². The van der Waals surface area contributed by atoms with Crippen molar-refractivity contribution in [1.82, 2.24) is 9.97 Å². The number of nitrogens with zero attached hydrogens (tertiary/aromatic N) is 3. The van der Waals surface area contributed by atoms with Crippen molar-refractivity contribution in [3.8, 4) is 0 Å². The van der Waals surface area contributed by atoms with Gasteiger partial charge in [0.05, 0.1) is 10.4 Å². The molecule has 0 aliphatic carbocycles. The van der Waals surface area contributed by atoms with E-state index in [0.29, 0.717) is 23.3 Å². The maximum absolute atomic E-state index is 10.7. The number of hydrogen-bond acceptors (Lipinski definition) is 5. The number of nitro groups is 1. The van der Waals surface area contributed by atoms with Crippen LogP contribution in [0.1, 0.15) is 0 Å². The van der Waals surface area contributed by atoms with E-state index in [1.54, 1.807) is 6.07 Å². The summed E-state index contributed by atoms with van der Waals surface area (Å²) in [7, 11) is 0. The summed E-state index contributed by atoms with van der Waals surface area (Å²) in [4.78, 5) is 18.4. The molecule has 1 aromatic carbocycles. The Morgan fingerprint density at radius 3 is 2.94 bits per heavy atom. The molecule has 0 radical (unpaired) electrons. The predicted molar refractivity (Wildman–Crippen MR) is 72.7 cm³/mol. The molecule has 0 spiro atoms. The molecule has 0 saturated heterocycles. The zero-order chi connectivity index (χ0) is 13.1. The minimum Gasteiger partial charge on any atom is -0.365 e. The van der Waals surface area contributed by atoms with Crippen LogP contribution in [-0.4, -0.2) is 21.4 Å². The third-order valence-electron chi connectivity index (χ3n) is 2.28. The summed E-state index contributed by atoms with van der Waals surface area (Å²) < 4.78 is 0.764. The molecule has 2 aromatic rings. The Hall–Kier alpha value is -2.02. The lowest BCUT2D eigenvalue weighted by Crippen LogP contribution is -2.04. The highest BCUT2D eigenvalue weighted by Gasteiger charge is 2.10. The van der Waals surface area contributed by atoms with E-state index in [9.17, 15) is 10.1 Å². The van der Waals surface area contributed by atoms with E-state index in [-0.39, 0.29) is 5.69 Å². The number of benzene rings is 1. The quantitative estimate of drug-likeness (QED) is 0.694. The third-order valence-corrected chi connectivity index (χ3v) is 2.56. The van der Waals surface area contributed by atoms with Crippen molar-refractivity contribution in [3.05, 3.63) is 45.7 Å². The van der Waals surface area contributed by atoms with Crippen molar-refractivity contribution in [2.75, 3.05) is 11.9 Å². The van der Waals surface area contributed by atoms with E-state index in [1.165, 1.54) is 18.5 Å². The highest BCUT2D eigenvalue weighted by Crippen LogP contribution is 2.24. The van der Waals surface area contributed by atoms with Gasteiger partial charge in [0.25, 0.3) is 5.69 Å². The van der Waals surface area contributed by atoms with Crippen LogP contribution in [0.25, 0.3) is 10.9 Å². The van der Waals surface area contributed by atoms with Crippen molar-refractivity contribution >= 4 is 38.3 Å². The fourth-order valence-electron chi connectivity index (χ4n) is 1.48. The van der Waals surface area contributed by atoms with E-state index < -0.39 is 4.92 Å². The first-order valence-electron chi connectivity index (χ1n) is 5.04. The van der Waals surface area contributed by atoms with Crippen LogP contribution in [0.4, 0.5) is 11.5 Å². The molecule has 0 amide bonds. The van der Waals surface area contributed by atoms with E-state index in [0.717, 1.165) is 4.48 Å². The number of fused-ring (bicyclic) bond motifs is 1. The second kappa shape index (κ2) is 5.09. The van der Waals surface area contributed by atoms with Gasteiger partial charge >= 0.3 is 0 Å². The Kier molecular flexibility index (Phi) is 3.52. The molecule has 0 unspecified atom stereocenters. The van der Waals surface area contributed by atoms with Gasteiger partial charge in [-0.25, -0.2) is 9.97 Å². The largest absolute Gasteiger partial charge is 0.365 e. The number of rotatable bonds is 4. The summed E-state index contributed by atoms with van der Waals surface area (Å²) in [5, 5.41) is 14.4. The normalized spacial score (nSPS) is 10.3. The first-order valence-corrected chi connectivity index (χ1v) is 5.83. The molecule has 7 heteroatoms. The zero-order valence-corrected chi connectivity index (χ0v) is 10.8. The molecule has 0 bridgehead atoms. The minimum absolute atomic E-state index is 0.0121. The maximum Gasteiger partial charge on any atom is 0.270 e. The highest BCUT2D eigenvalue weighted by molar-refractivity contribution is 9.11. The number of anilines is 1. The van der Waals surface area contributed by atoms with Crippen LogP contribution in [0.5, 0.6) is 0 Å². The van der Waals surface area contributed by atoms with E-state index in [2.05, 4.69) is 37.8 Å². The predicted octanol–water partition coefficient (Wildman–Crippen LogP) is 2.86. The van der Waals surface area contributed by atoms with Crippen molar-refractivity contribution in [3.63, 3.8) is 0 Å². The van der Waals surface area contributed by atoms with E-state index in [4.69, 9.17) is 0 Å². The Balaban J connectivity index is 2.48. The number of nitro benzene ring substituents is 1. The molecular weight excluding hydrogens is 300 g/mol. The number of nitrogens with one attached hydrogen (secondary N) is 1. The van der Waals surface area contributed by atoms with Crippen molar-refractivity contribution in [1.29, 1.82) is 0 Å². The van der Waals surface area contributed by atoms with E-state index in [1.807, 2.05) is 0 Å². The second-order valence-corrected chi connectivity index (χ2v) is 4.67. The highest BCUT2D eigenvalue weighted by atomic mass is 79.9. The molecule has 92 valence electrons. The van der Waals surface area contributed by atoms with Crippen LogP contribution in [0, 0.1) is 10.1 Å². The number of halogens is 1. The summed E-state index contributed by atoms with van der Waals surface area (Å²) in [6.07, 6.45) is 1.41. The van der Waals surface area contributed by atoms with Crippen LogP contribution >= 0.6 is 15.9 Å². The van der Waals surface area contributed by atoms with Gasteiger partial charge in [0.1, 0.15) is 12.1 Å². The first-order chi connectivity index (χ1) is 8.58. The van der Waals surface area contributed by atoms with Gasteiger partial charge in [-0.05, 0) is 6.07 Å². The lowest BCUT2D eigenvalue weighted by molar-refractivity contribution is -0.384. The summed E-state index contributed by atoms with van der Waals surface area (Å²) in [5.74, 6) is 0.546. The smallest absolute Gasteiger partial charge is 0.270 e. The van der Waals surface area contributed by atoms with Gasteiger partial charge in [-0.2, -0.15) is 0 Å². The van der Waals surface area contributed by atoms with Crippen LogP contribution in [0.15, 0.2) is 35.6 Å². The van der Waals surface area contributed by atoms with Gasteiger partial charge in [-0.15, -0.1) is 0 Å². The van der Waals surface area contributed by atoms with Gasteiger partial charge in [-0.1, -0.05) is 22.5 Å². The Morgan fingerprint density at radius 1 is 1.50 bits per heavy atom.